The van der Waals surface area contributed by atoms with Crippen molar-refractivity contribution < 1.29 is 14.3 Å². The van der Waals surface area contributed by atoms with Gasteiger partial charge in [0.1, 0.15) is 11.9 Å². The molecule has 0 N–H and O–H groups in total. The van der Waals surface area contributed by atoms with Gasteiger partial charge in [0.05, 0.1) is 12.2 Å². The first-order valence-electron chi connectivity index (χ1n) is 19.8. The first kappa shape index (κ1) is 35.5. The first-order chi connectivity index (χ1) is 22.2. The van der Waals surface area contributed by atoms with Gasteiger partial charge in [-0.2, -0.15) is 0 Å². The third-order valence-electron chi connectivity index (χ3n) is 13.6. The predicted octanol–water partition coefficient (Wildman–Crippen LogP) is 12.4. The van der Waals surface area contributed by atoms with Crippen LogP contribution in [0.1, 0.15) is 167 Å². The fourth-order valence-corrected chi connectivity index (χ4v) is 10.9. The number of unbranched alkanes of at least 4 members (excludes halogenated alkanes) is 6. The van der Waals surface area contributed by atoms with Crippen LogP contribution in [-0.2, 0) is 4.74 Å². The quantitative estimate of drug-likeness (QED) is 0.103. The van der Waals surface area contributed by atoms with Gasteiger partial charge in [-0.05, 0) is 122 Å². The zero-order chi connectivity index (χ0) is 32.7. The summed E-state index contributed by atoms with van der Waals surface area (Å²) in [7, 11) is 0. The highest BCUT2D eigenvalue weighted by Crippen LogP contribution is 2.67. The van der Waals surface area contributed by atoms with Gasteiger partial charge in [-0.3, -0.25) is 0 Å². The summed E-state index contributed by atoms with van der Waals surface area (Å²) in [4.78, 5) is 13.2. The largest absolute Gasteiger partial charge is 0.494 e. The summed E-state index contributed by atoms with van der Waals surface area (Å²) >= 11 is 0. The zero-order valence-electron chi connectivity index (χ0n) is 30.6. The van der Waals surface area contributed by atoms with Gasteiger partial charge >= 0.3 is 5.97 Å². The summed E-state index contributed by atoms with van der Waals surface area (Å²) in [5.41, 5.74) is 3.03. The number of hydrogen-bond donors (Lipinski definition) is 0. The van der Waals surface area contributed by atoms with Gasteiger partial charge in [-0.15, -0.1) is 0 Å². The molecule has 5 rings (SSSR count). The topological polar surface area (TPSA) is 35.5 Å². The molecule has 1 aromatic carbocycles. The molecule has 0 heterocycles. The van der Waals surface area contributed by atoms with Crippen molar-refractivity contribution in [2.75, 3.05) is 6.61 Å². The maximum absolute atomic E-state index is 13.2. The molecule has 1 aromatic rings. The van der Waals surface area contributed by atoms with Crippen LogP contribution >= 0.6 is 0 Å². The summed E-state index contributed by atoms with van der Waals surface area (Å²) in [6, 6.07) is 7.60. The van der Waals surface area contributed by atoms with Crippen molar-refractivity contribution in [2.24, 2.45) is 46.3 Å². The zero-order valence-corrected chi connectivity index (χ0v) is 30.6. The van der Waals surface area contributed by atoms with E-state index in [0.717, 1.165) is 73.5 Å². The summed E-state index contributed by atoms with van der Waals surface area (Å²) in [6.45, 7) is 15.6. The second-order valence-electron chi connectivity index (χ2n) is 17.1. The number of carbonyl (C=O) groups excluding carboxylic acids is 1. The number of rotatable bonds is 16. The molecule has 3 saturated carbocycles. The molecule has 4 aliphatic carbocycles. The molecule has 258 valence electrons. The molecule has 8 atom stereocenters. The van der Waals surface area contributed by atoms with Gasteiger partial charge in [-0.25, -0.2) is 4.79 Å². The number of carbonyl (C=O) groups is 1. The Kier molecular flexibility index (Phi) is 12.4. The smallest absolute Gasteiger partial charge is 0.338 e. The van der Waals surface area contributed by atoms with E-state index >= 15 is 0 Å². The number of benzene rings is 1. The lowest BCUT2D eigenvalue weighted by atomic mass is 9.47. The van der Waals surface area contributed by atoms with Crippen molar-refractivity contribution in [3.8, 4) is 5.75 Å². The van der Waals surface area contributed by atoms with Gasteiger partial charge in [0.25, 0.3) is 0 Å². The van der Waals surface area contributed by atoms with Gasteiger partial charge in [0, 0.05) is 6.42 Å². The fourth-order valence-electron chi connectivity index (χ4n) is 10.9. The standard InChI is InChI=1S/C43H68O3/c1-7-8-9-10-11-12-13-29-45-35-20-17-33(18-21-35)41(44)46-36-25-27-42(5)34(30-36)19-22-37-39-24-23-38(32(4)16-14-15-31(2)3)43(39,6)28-26-40(37)42/h17-21,31-32,36-40H,7-16,22-30H2,1-6H3/t32-,36-,37+,38-,39+,40-,42-,43+/m1/s1. The molecule has 0 radical (unpaired) electrons. The lowest BCUT2D eigenvalue weighted by Crippen LogP contribution is -2.51. The van der Waals surface area contributed by atoms with E-state index in [4.69, 9.17) is 9.47 Å². The molecule has 3 heteroatoms. The second kappa shape index (κ2) is 16.1. The van der Waals surface area contributed by atoms with Crippen molar-refractivity contribution in [1.29, 1.82) is 0 Å². The summed E-state index contributed by atoms with van der Waals surface area (Å²) in [5.74, 6) is 5.77. The van der Waals surface area contributed by atoms with Crippen LogP contribution in [0.25, 0.3) is 0 Å². The first-order valence-corrected chi connectivity index (χ1v) is 19.8. The number of hydrogen-bond acceptors (Lipinski definition) is 3. The highest BCUT2D eigenvalue weighted by Gasteiger charge is 2.59. The van der Waals surface area contributed by atoms with Crippen molar-refractivity contribution >= 4 is 5.97 Å². The third kappa shape index (κ3) is 8.08. The molecule has 0 aromatic heterocycles. The highest BCUT2D eigenvalue weighted by atomic mass is 16.5. The molecule has 0 unspecified atom stereocenters. The summed E-state index contributed by atoms with van der Waals surface area (Å²) < 4.78 is 12.1. The van der Waals surface area contributed by atoms with Crippen LogP contribution in [0.15, 0.2) is 35.9 Å². The second-order valence-corrected chi connectivity index (χ2v) is 17.1. The number of ether oxygens (including phenoxy) is 2. The molecule has 3 nitrogen and oxygen atoms in total. The van der Waals surface area contributed by atoms with E-state index in [-0.39, 0.29) is 17.5 Å². The SMILES string of the molecule is CCCCCCCCCOc1ccc(C(=O)O[C@@H]2CC[C@]3(C)C(=CC[C@@H]4[C@H]3CC[C@@]3(C)[C@@H]([C@H](C)CCCC(C)C)CC[C@@H]43)C2)cc1. The van der Waals surface area contributed by atoms with Crippen LogP contribution in [0.3, 0.4) is 0 Å². The van der Waals surface area contributed by atoms with E-state index in [0.29, 0.717) is 11.0 Å². The van der Waals surface area contributed by atoms with Gasteiger partial charge in [0.15, 0.2) is 0 Å². The van der Waals surface area contributed by atoms with Gasteiger partial charge < -0.3 is 9.47 Å². The van der Waals surface area contributed by atoms with Crippen molar-refractivity contribution in [3.63, 3.8) is 0 Å². The number of esters is 1. The average molecular weight is 633 g/mol. The molecular formula is C43H68O3. The molecule has 0 aliphatic heterocycles. The van der Waals surface area contributed by atoms with E-state index in [9.17, 15) is 4.79 Å². The monoisotopic (exact) mass is 633 g/mol. The van der Waals surface area contributed by atoms with E-state index in [2.05, 4.69) is 47.6 Å². The van der Waals surface area contributed by atoms with Crippen LogP contribution in [-0.4, -0.2) is 18.7 Å². The Morgan fingerprint density at radius 3 is 2.33 bits per heavy atom. The number of allylic oxidation sites excluding steroid dienone is 1. The molecule has 0 spiro atoms. The lowest BCUT2D eigenvalue weighted by Gasteiger charge is -2.58. The molecule has 4 aliphatic rings. The Labute approximate surface area is 283 Å². The average Bonchev–Trinajstić information content (AvgIpc) is 3.40. The molecule has 0 amide bonds. The Bertz CT molecular complexity index is 1140. The van der Waals surface area contributed by atoms with Gasteiger partial charge in [0.2, 0.25) is 0 Å². The van der Waals surface area contributed by atoms with Crippen LogP contribution in [0, 0.1) is 46.3 Å². The Morgan fingerprint density at radius 2 is 1.59 bits per heavy atom. The number of fused-ring (bicyclic) bond motifs is 5. The Hall–Kier alpha value is -1.77. The maximum atomic E-state index is 13.2. The Morgan fingerprint density at radius 1 is 0.848 bits per heavy atom. The minimum absolute atomic E-state index is 0.00645. The molecule has 3 fully saturated rings. The fraction of sp³-hybridized carbons (Fsp3) is 0.791. The summed E-state index contributed by atoms with van der Waals surface area (Å²) in [6.07, 6.45) is 25.7. The van der Waals surface area contributed by atoms with Crippen LogP contribution in [0.4, 0.5) is 0 Å². The third-order valence-corrected chi connectivity index (χ3v) is 13.6. The normalized spacial score (nSPS) is 32.7. The van der Waals surface area contributed by atoms with Gasteiger partial charge in [-0.1, -0.05) is 111 Å². The van der Waals surface area contributed by atoms with Crippen molar-refractivity contribution in [3.05, 3.63) is 41.5 Å². The minimum Gasteiger partial charge on any atom is -0.494 e. The van der Waals surface area contributed by atoms with Crippen LogP contribution in [0.5, 0.6) is 5.75 Å². The van der Waals surface area contributed by atoms with Crippen molar-refractivity contribution in [2.45, 2.75) is 163 Å². The molecule has 46 heavy (non-hydrogen) atoms. The van der Waals surface area contributed by atoms with Crippen molar-refractivity contribution in [1.82, 2.24) is 0 Å². The maximum Gasteiger partial charge on any atom is 0.338 e. The lowest BCUT2D eigenvalue weighted by molar-refractivity contribution is -0.0594. The molecular weight excluding hydrogens is 564 g/mol. The van der Waals surface area contributed by atoms with E-state index < -0.39 is 0 Å². The Balaban J connectivity index is 1.10. The molecule has 0 bridgehead atoms. The predicted molar refractivity (Wildman–Crippen MR) is 192 cm³/mol. The van der Waals surface area contributed by atoms with E-state index in [1.807, 2.05) is 24.3 Å². The minimum atomic E-state index is -0.186. The van der Waals surface area contributed by atoms with E-state index in [1.54, 1.807) is 5.57 Å². The summed E-state index contributed by atoms with van der Waals surface area (Å²) in [5, 5.41) is 0. The molecule has 0 saturated heterocycles. The van der Waals surface area contributed by atoms with Crippen LogP contribution in [0.2, 0.25) is 0 Å². The van der Waals surface area contributed by atoms with Crippen LogP contribution < -0.4 is 4.74 Å². The van der Waals surface area contributed by atoms with E-state index in [1.165, 1.54) is 89.9 Å². The highest BCUT2D eigenvalue weighted by molar-refractivity contribution is 5.89.